The molecule has 1 aliphatic rings. The van der Waals surface area contributed by atoms with Crippen molar-refractivity contribution >= 4 is 6.03 Å². The van der Waals surface area contributed by atoms with Crippen molar-refractivity contribution in [2.24, 2.45) is 0 Å². The molecule has 134 valence electrons. The SMILES string of the molecule is Cc1cc(CNC(=O)N2CCN(Cc3ccccc3)C[C@H]2C)c(C)o1. The number of rotatable bonds is 4. The highest BCUT2D eigenvalue weighted by molar-refractivity contribution is 5.74. The molecule has 1 aromatic heterocycles. The van der Waals surface area contributed by atoms with Crippen molar-refractivity contribution in [2.45, 2.75) is 39.9 Å². The van der Waals surface area contributed by atoms with Crippen LogP contribution in [0, 0.1) is 13.8 Å². The summed E-state index contributed by atoms with van der Waals surface area (Å²) in [6.07, 6.45) is 0. The highest BCUT2D eigenvalue weighted by atomic mass is 16.3. The number of carbonyl (C=O) groups is 1. The van der Waals surface area contributed by atoms with Crippen molar-refractivity contribution in [3.63, 3.8) is 0 Å². The Bertz CT molecular complexity index is 711. The van der Waals surface area contributed by atoms with Gasteiger partial charge >= 0.3 is 6.03 Å². The number of carbonyl (C=O) groups excluding carboxylic acids is 1. The van der Waals surface area contributed by atoms with E-state index in [0.717, 1.165) is 43.3 Å². The molecular formula is C20H27N3O2. The average Bonchev–Trinajstić information content (AvgIpc) is 2.91. The minimum atomic E-state index is 0.00474. The average molecular weight is 341 g/mol. The van der Waals surface area contributed by atoms with E-state index >= 15 is 0 Å². The van der Waals surface area contributed by atoms with Gasteiger partial charge in [-0.3, -0.25) is 4.90 Å². The van der Waals surface area contributed by atoms with Crippen molar-refractivity contribution < 1.29 is 9.21 Å². The van der Waals surface area contributed by atoms with Gasteiger partial charge in [-0.2, -0.15) is 0 Å². The Kier molecular flexibility index (Phi) is 5.43. The lowest BCUT2D eigenvalue weighted by molar-refractivity contribution is 0.0973. The van der Waals surface area contributed by atoms with Gasteiger partial charge in [-0.1, -0.05) is 30.3 Å². The van der Waals surface area contributed by atoms with Crippen LogP contribution in [0.25, 0.3) is 0 Å². The van der Waals surface area contributed by atoms with Gasteiger partial charge in [-0.15, -0.1) is 0 Å². The van der Waals surface area contributed by atoms with Crippen molar-refractivity contribution in [1.29, 1.82) is 0 Å². The van der Waals surface area contributed by atoms with Gasteiger partial charge < -0.3 is 14.6 Å². The molecule has 0 saturated carbocycles. The third kappa shape index (κ3) is 4.42. The van der Waals surface area contributed by atoms with Crippen LogP contribution in [-0.2, 0) is 13.1 Å². The number of hydrogen-bond acceptors (Lipinski definition) is 3. The zero-order valence-electron chi connectivity index (χ0n) is 15.3. The van der Waals surface area contributed by atoms with Crippen LogP contribution in [0.4, 0.5) is 4.79 Å². The quantitative estimate of drug-likeness (QED) is 0.928. The molecule has 2 heterocycles. The molecule has 0 aliphatic carbocycles. The monoisotopic (exact) mass is 341 g/mol. The van der Waals surface area contributed by atoms with E-state index in [-0.39, 0.29) is 12.1 Å². The molecule has 1 atom stereocenters. The first kappa shape index (κ1) is 17.5. The third-order valence-electron chi connectivity index (χ3n) is 4.80. The minimum absolute atomic E-state index is 0.00474. The fourth-order valence-electron chi connectivity index (χ4n) is 3.45. The molecule has 0 bridgehead atoms. The number of urea groups is 1. The highest BCUT2D eigenvalue weighted by Gasteiger charge is 2.27. The third-order valence-corrected chi connectivity index (χ3v) is 4.80. The van der Waals surface area contributed by atoms with Gasteiger partial charge in [0, 0.05) is 44.3 Å². The van der Waals surface area contributed by atoms with E-state index in [1.54, 1.807) is 0 Å². The van der Waals surface area contributed by atoms with Crippen LogP contribution in [0.1, 0.15) is 29.6 Å². The van der Waals surface area contributed by atoms with E-state index in [1.807, 2.05) is 30.9 Å². The molecule has 2 aromatic rings. The lowest BCUT2D eigenvalue weighted by Crippen LogP contribution is -2.56. The molecule has 25 heavy (non-hydrogen) atoms. The van der Waals surface area contributed by atoms with Crippen LogP contribution < -0.4 is 5.32 Å². The predicted molar refractivity (Wildman–Crippen MR) is 98.3 cm³/mol. The zero-order valence-corrected chi connectivity index (χ0v) is 15.3. The fourth-order valence-corrected chi connectivity index (χ4v) is 3.45. The molecule has 2 amide bonds. The summed E-state index contributed by atoms with van der Waals surface area (Å²) >= 11 is 0. The molecule has 5 nitrogen and oxygen atoms in total. The molecule has 1 fully saturated rings. The highest BCUT2D eigenvalue weighted by Crippen LogP contribution is 2.15. The number of hydrogen-bond donors (Lipinski definition) is 1. The van der Waals surface area contributed by atoms with Crippen LogP contribution >= 0.6 is 0 Å². The van der Waals surface area contributed by atoms with Crippen LogP contribution in [-0.4, -0.2) is 41.5 Å². The molecule has 0 spiro atoms. The van der Waals surface area contributed by atoms with E-state index in [1.165, 1.54) is 5.56 Å². The molecule has 5 heteroatoms. The Labute approximate surface area is 149 Å². The standard InChI is InChI=1S/C20H27N3O2/c1-15-13-22(14-18-7-5-4-6-8-18)9-10-23(15)20(24)21-12-19-11-16(2)25-17(19)3/h4-8,11,15H,9-10,12-14H2,1-3H3,(H,21,24)/t15-/m1/s1. The first-order chi connectivity index (χ1) is 12.0. The van der Waals surface area contributed by atoms with Crippen molar-refractivity contribution in [1.82, 2.24) is 15.1 Å². The number of piperazine rings is 1. The summed E-state index contributed by atoms with van der Waals surface area (Å²) in [7, 11) is 0. The van der Waals surface area contributed by atoms with E-state index in [2.05, 4.69) is 41.4 Å². The van der Waals surface area contributed by atoms with Crippen LogP contribution in [0.2, 0.25) is 0 Å². The summed E-state index contributed by atoms with van der Waals surface area (Å²) in [5.41, 5.74) is 2.36. The van der Waals surface area contributed by atoms with Gasteiger partial charge in [-0.05, 0) is 32.4 Å². The van der Waals surface area contributed by atoms with E-state index in [0.29, 0.717) is 6.54 Å². The molecule has 0 radical (unpaired) electrons. The zero-order chi connectivity index (χ0) is 17.8. The molecule has 1 N–H and O–H groups in total. The number of furan rings is 1. The maximum atomic E-state index is 12.5. The summed E-state index contributed by atoms with van der Waals surface area (Å²) in [5.74, 6) is 1.75. The maximum absolute atomic E-state index is 12.5. The molecule has 1 saturated heterocycles. The number of benzene rings is 1. The normalized spacial score (nSPS) is 18.4. The van der Waals surface area contributed by atoms with Crippen LogP contribution in [0.3, 0.4) is 0 Å². The van der Waals surface area contributed by atoms with Crippen molar-refractivity contribution in [3.05, 3.63) is 59.0 Å². The second kappa shape index (κ2) is 7.74. The molecule has 1 aromatic carbocycles. The Morgan fingerprint density at radius 2 is 2.00 bits per heavy atom. The van der Waals surface area contributed by atoms with Gasteiger partial charge in [0.2, 0.25) is 0 Å². The van der Waals surface area contributed by atoms with Gasteiger partial charge in [0.1, 0.15) is 11.5 Å². The molecule has 0 unspecified atom stereocenters. The molecule has 1 aliphatic heterocycles. The van der Waals surface area contributed by atoms with Gasteiger partial charge in [0.25, 0.3) is 0 Å². The van der Waals surface area contributed by atoms with E-state index in [9.17, 15) is 4.79 Å². The molecule has 3 rings (SSSR count). The number of amides is 2. The lowest BCUT2D eigenvalue weighted by Gasteiger charge is -2.39. The summed E-state index contributed by atoms with van der Waals surface area (Å²) in [6.45, 7) is 9.97. The maximum Gasteiger partial charge on any atom is 0.317 e. The number of nitrogens with zero attached hydrogens (tertiary/aromatic N) is 2. The first-order valence-corrected chi connectivity index (χ1v) is 8.89. The number of aryl methyl sites for hydroxylation is 2. The Morgan fingerprint density at radius 3 is 2.64 bits per heavy atom. The summed E-state index contributed by atoms with van der Waals surface area (Å²) < 4.78 is 5.51. The van der Waals surface area contributed by atoms with Crippen molar-refractivity contribution in [3.8, 4) is 0 Å². The smallest absolute Gasteiger partial charge is 0.317 e. The van der Waals surface area contributed by atoms with Crippen LogP contribution in [0.15, 0.2) is 40.8 Å². The largest absolute Gasteiger partial charge is 0.466 e. The second-order valence-corrected chi connectivity index (χ2v) is 6.86. The van der Waals surface area contributed by atoms with E-state index < -0.39 is 0 Å². The van der Waals surface area contributed by atoms with Crippen LogP contribution in [0.5, 0.6) is 0 Å². The van der Waals surface area contributed by atoms with Crippen molar-refractivity contribution in [2.75, 3.05) is 19.6 Å². The summed E-state index contributed by atoms with van der Waals surface area (Å²) in [5, 5.41) is 3.03. The lowest BCUT2D eigenvalue weighted by atomic mass is 10.1. The van der Waals surface area contributed by atoms with Gasteiger partial charge in [0.15, 0.2) is 0 Å². The second-order valence-electron chi connectivity index (χ2n) is 6.86. The Balaban J connectivity index is 1.50. The first-order valence-electron chi connectivity index (χ1n) is 8.89. The summed E-state index contributed by atoms with van der Waals surface area (Å²) in [6, 6.07) is 12.7. The summed E-state index contributed by atoms with van der Waals surface area (Å²) in [4.78, 5) is 16.9. The molecular weight excluding hydrogens is 314 g/mol. The van der Waals surface area contributed by atoms with Gasteiger partial charge in [0.05, 0.1) is 0 Å². The van der Waals surface area contributed by atoms with E-state index in [4.69, 9.17) is 4.42 Å². The fraction of sp³-hybridized carbons (Fsp3) is 0.450. The Morgan fingerprint density at radius 1 is 1.24 bits per heavy atom. The Hall–Kier alpha value is -2.27. The predicted octanol–water partition coefficient (Wildman–Crippen LogP) is 3.31. The number of nitrogens with one attached hydrogen (secondary N) is 1. The van der Waals surface area contributed by atoms with Gasteiger partial charge in [-0.25, -0.2) is 4.79 Å². The minimum Gasteiger partial charge on any atom is -0.466 e. The topological polar surface area (TPSA) is 48.7 Å².